The second kappa shape index (κ2) is 17.6. The van der Waals surface area contributed by atoms with Crippen molar-refractivity contribution >= 4 is 52.3 Å². The lowest BCUT2D eigenvalue weighted by atomic mass is 9.94. The van der Waals surface area contributed by atoms with E-state index in [2.05, 4.69) is 29.6 Å². The van der Waals surface area contributed by atoms with Crippen LogP contribution in [0.4, 0.5) is 4.79 Å². The van der Waals surface area contributed by atoms with Crippen LogP contribution in [0.2, 0.25) is 0 Å². The summed E-state index contributed by atoms with van der Waals surface area (Å²) in [6.45, 7) is 4.23. The van der Waals surface area contributed by atoms with E-state index < -0.39 is 18.1 Å². The third kappa shape index (κ3) is 8.52. The summed E-state index contributed by atoms with van der Waals surface area (Å²) in [5, 5.41) is 2.78. The number of thiocarbonyl (C=S) groups is 1. The molecule has 1 aromatic heterocycles. The number of hydrogen-bond donors (Lipinski definition) is 1. The molecule has 0 radical (unpaired) electrons. The van der Waals surface area contributed by atoms with Crippen LogP contribution >= 0.6 is 24.0 Å². The number of alkyl carbamates (subject to hydrolysis) is 1. The lowest BCUT2D eigenvalue weighted by molar-refractivity contribution is -0.146. The molecule has 10 nitrogen and oxygen atoms in total. The molecule has 1 N–H and O–H groups in total. The zero-order chi connectivity index (χ0) is 41.2. The summed E-state index contributed by atoms with van der Waals surface area (Å²) in [7, 11) is 3.19. The Balaban J connectivity index is 0.933. The maximum absolute atomic E-state index is 13.9. The lowest BCUT2D eigenvalue weighted by Crippen LogP contribution is -2.43. The van der Waals surface area contributed by atoms with E-state index in [-0.39, 0.29) is 37.0 Å². The molecule has 12 heteroatoms. The highest BCUT2D eigenvalue weighted by molar-refractivity contribution is 8.26. The number of ether oxygens (including phenoxy) is 4. The van der Waals surface area contributed by atoms with Gasteiger partial charge in [0.15, 0.2) is 0 Å². The number of aryl methyl sites for hydroxylation is 1. The minimum Gasteiger partial charge on any atom is -0.497 e. The van der Waals surface area contributed by atoms with Gasteiger partial charge in [-0.15, -0.1) is 0 Å². The Bertz CT molecular complexity index is 2240. The van der Waals surface area contributed by atoms with Crippen LogP contribution in [0.25, 0.3) is 28.5 Å². The summed E-state index contributed by atoms with van der Waals surface area (Å²) in [5.41, 5.74) is 6.08. The topological polar surface area (TPSA) is 117 Å². The molecule has 1 aliphatic heterocycles. The predicted molar refractivity (Wildman–Crippen MR) is 232 cm³/mol. The summed E-state index contributed by atoms with van der Waals surface area (Å²) in [5.74, 6) is 2.93. The van der Waals surface area contributed by atoms with Gasteiger partial charge in [-0.3, -0.25) is 9.69 Å². The molecule has 1 saturated heterocycles. The molecule has 2 amide bonds. The second-order valence-corrected chi connectivity index (χ2v) is 18.0. The third-order valence-corrected chi connectivity index (χ3v) is 13.4. The van der Waals surface area contributed by atoms with Crippen molar-refractivity contribution in [2.24, 2.45) is 17.8 Å². The van der Waals surface area contributed by atoms with Crippen LogP contribution < -0.4 is 14.8 Å². The van der Waals surface area contributed by atoms with Crippen molar-refractivity contribution in [2.75, 3.05) is 27.4 Å². The molecule has 4 aromatic rings. The van der Waals surface area contributed by atoms with E-state index in [0.29, 0.717) is 63.3 Å². The van der Waals surface area contributed by atoms with Gasteiger partial charge < -0.3 is 28.7 Å². The Morgan fingerprint density at radius 2 is 1.69 bits per heavy atom. The van der Waals surface area contributed by atoms with E-state index in [9.17, 15) is 14.4 Å². The number of carbonyl (C=O) groups excluding carboxylic acids is 3. The molecule has 4 atom stereocenters. The van der Waals surface area contributed by atoms with Crippen molar-refractivity contribution in [3.05, 3.63) is 100 Å². The summed E-state index contributed by atoms with van der Waals surface area (Å²) in [6.07, 6.45) is 7.05. The van der Waals surface area contributed by atoms with Crippen LogP contribution in [-0.4, -0.2) is 66.7 Å². The number of esters is 1. The Kier molecular flexibility index (Phi) is 12.2. The molecular weight excluding hydrogens is 785 g/mol. The fourth-order valence-electron chi connectivity index (χ4n) is 9.31. The first-order valence-electron chi connectivity index (χ1n) is 20.5. The number of fused-ring (bicyclic) bond motifs is 5. The fourth-order valence-corrected chi connectivity index (χ4v) is 10.7. The zero-order valence-corrected chi connectivity index (χ0v) is 35.5. The Morgan fingerprint density at radius 1 is 0.949 bits per heavy atom. The van der Waals surface area contributed by atoms with Crippen LogP contribution in [0, 0.1) is 17.8 Å². The molecular formula is C47H50N2O8S2. The molecule has 0 spiro atoms. The smallest absolute Gasteiger partial charge is 0.407 e. The summed E-state index contributed by atoms with van der Waals surface area (Å²) in [4.78, 5) is 42.9. The van der Waals surface area contributed by atoms with Crippen LogP contribution in [0.15, 0.2) is 82.1 Å². The standard InChI is InChI=1S/C47H50N2O8S2/c1-27(2)20-38(48-46(52)56-26-37-34-13-7-5-11-32(34)33-12-6-8-14-35(33)37)45(51)55-19-9-10-30-23-42(36-18-17-31(53-3)24-41(36)54-4)57-40(30)25-43-44(50)49(47(58)59-43)39-22-28-15-16-29(39)21-28/h5-8,11-14,17-18,23-25,27-29,37-39H,9-10,15-16,19-22,26H2,1-4H3,(H,48,52)/b43-25-/t28-,29-,38?,39-/m0/s1. The Morgan fingerprint density at radius 3 is 2.36 bits per heavy atom. The molecule has 2 saturated carbocycles. The average Bonchev–Trinajstić information content (AvgIpc) is 4.07. The number of rotatable bonds is 15. The van der Waals surface area contributed by atoms with E-state index in [4.69, 9.17) is 35.6 Å². The van der Waals surface area contributed by atoms with Crippen LogP contribution in [0.1, 0.15) is 80.7 Å². The minimum atomic E-state index is -0.874. The lowest BCUT2D eigenvalue weighted by Gasteiger charge is -2.30. The highest BCUT2D eigenvalue weighted by Crippen LogP contribution is 2.50. The number of thioether (sulfide) groups is 1. The number of nitrogens with zero attached hydrogens (tertiary/aromatic N) is 1. The number of amides is 2. The number of methoxy groups -OCH3 is 2. The van der Waals surface area contributed by atoms with Crippen molar-refractivity contribution in [2.45, 2.75) is 76.8 Å². The fraction of sp³-hybridized carbons (Fsp3) is 0.404. The highest BCUT2D eigenvalue weighted by Gasteiger charge is 2.48. The van der Waals surface area contributed by atoms with Crippen LogP contribution in [-0.2, 0) is 25.5 Å². The third-order valence-electron chi connectivity index (χ3n) is 12.1. The van der Waals surface area contributed by atoms with Gasteiger partial charge in [0.25, 0.3) is 5.91 Å². The van der Waals surface area contributed by atoms with Gasteiger partial charge in [0.05, 0.1) is 31.3 Å². The van der Waals surface area contributed by atoms with Crippen molar-refractivity contribution in [1.82, 2.24) is 10.2 Å². The first-order chi connectivity index (χ1) is 28.6. The maximum atomic E-state index is 13.9. The molecule has 2 heterocycles. The molecule has 8 rings (SSSR count). The normalized spacial score (nSPS) is 20.6. The largest absolute Gasteiger partial charge is 0.497 e. The molecule has 308 valence electrons. The maximum Gasteiger partial charge on any atom is 0.407 e. The molecule has 2 bridgehead atoms. The molecule has 4 aliphatic rings. The van der Waals surface area contributed by atoms with Gasteiger partial charge in [0.1, 0.15) is 40.0 Å². The Hall–Kier alpha value is -5.07. The summed E-state index contributed by atoms with van der Waals surface area (Å²) in [6, 6.07) is 23.0. The zero-order valence-electron chi connectivity index (χ0n) is 33.9. The Labute approximate surface area is 355 Å². The summed E-state index contributed by atoms with van der Waals surface area (Å²) >= 11 is 7.09. The van der Waals surface area contributed by atoms with Gasteiger partial charge in [0.2, 0.25) is 0 Å². The van der Waals surface area contributed by atoms with E-state index in [1.165, 1.54) is 24.6 Å². The van der Waals surface area contributed by atoms with Crippen LogP contribution in [0.3, 0.4) is 0 Å². The SMILES string of the molecule is COc1ccc(-c2cc(CCCOC(=O)C(CC(C)C)NC(=O)OCC3c4ccccc4-c4ccccc43)c(/C=C3\SC(=S)N([C@H]4C[C@H]5CC[C@H]4C5)C3=O)o2)c(OC)c1. The monoisotopic (exact) mass is 834 g/mol. The summed E-state index contributed by atoms with van der Waals surface area (Å²) < 4.78 is 29.7. The number of hydrogen-bond acceptors (Lipinski definition) is 10. The average molecular weight is 835 g/mol. The molecule has 3 aliphatic carbocycles. The van der Waals surface area contributed by atoms with Gasteiger partial charge in [-0.25, -0.2) is 9.59 Å². The number of furan rings is 1. The molecule has 3 aromatic carbocycles. The number of carbonyl (C=O) groups is 3. The van der Waals surface area contributed by atoms with E-state index in [1.54, 1.807) is 26.4 Å². The predicted octanol–water partition coefficient (Wildman–Crippen LogP) is 9.78. The quantitative estimate of drug-likeness (QED) is 0.0537. The van der Waals surface area contributed by atoms with Gasteiger partial charge >= 0.3 is 12.1 Å². The van der Waals surface area contributed by atoms with Crippen molar-refractivity contribution in [1.29, 1.82) is 0 Å². The highest BCUT2D eigenvalue weighted by atomic mass is 32.2. The van der Waals surface area contributed by atoms with Gasteiger partial charge in [0, 0.05) is 24.1 Å². The second-order valence-electron chi connectivity index (χ2n) is 16.3. The van der Waals surface area contributed by atoms with Gasteiger partial charge in [-0.1, -0.05) is 92.8 Å². The van der Waals surface area contributed by atoms with Crippen molar-refractivity contribution in [3.63, 3.8) is 0 Å². The molecule has 59 heavy (non-hydrogen) atoms. The van der Waals surface area contributed by atoms with Crippen LogP contribution in [0.5, 0.6) is 11.5 Å². The number of benzene rings is 3. The van der Waals surface area contributed by atoms with E-state index in [0.717, 1.165) is 46.2 Å². The molecule has 3 fully saturated rings. The van der Waals surface area contributed by atoms with Crippen molar-refractivity contribution < 1.29 is 37.7 Å². The van der Waals surface area contributed by atoms with Gasteiger partial charge in [-0.2, -0.15) is 0 Å². The first kappa shape index (κ1) is 40.7. The van der Waals surface area contributed by atoms with E-state index in [1.807, 2.05) is 61.2 Å². The van der Waals surface area contributed by atoms with Gasteiger partial charge in [-0.05, 0) is 102 Å². The van der Waals surface area contributed by atoms with Crippen molar-refractivity contribution in [3.8, 4) is 33.9 Å². The van der Waals surface area contributed by atoms with E-state index >= 15 is 0 Å². The first-order valence-corrected chi connectivity index (χ1v) is 21.7. The molecule has 1 unspecified atom stereocenters. The number of nitrogens with one attached hydrogen (secondary N) is 1. The minimum absolute atomic E-state index is 0.0718.